The lowest BCUT2D eigenvalue weighted by atomic mass is 10.3. The van der Waals surface area contributed by atoms with Crippen LogP contribution in [0.5, 0.6) is 0 Å². The first-order chi connectivity index (χ1) is 10.7. The normalized spacial score (nSPS) is 10.6. The van der Waals surface area contributed by atoms with E-state index in [1.54, 1.807) is 6.20 Å². The summed E-state index contributed by atoms with van der Waals surface area (Å²) < 4.78 is 0.766. The number of tetrazole rings is 1. The Labute approximate surface area is 133 Å². The minimum atomic E-state index is -0.476. The first kappa shape index (κ1) is 14.5. The van der Waals surface area contributed by atoms with E-state index in [0.29, 0.717) is 11.7 Å². The van der Waals surface area contributed by atoms with Gasteiger partial charge in [-0.15, -0.1) is 20.4 Å². The highest BCUT2D eigenvalue weighted by atomic mass is 32.2. The smallest absolute Gasteiger partial charge is 0.293 e. The van der Waals surface area contributed by atoms with Gasteiger partial charge < -0.3 is 0 Å². The predicted molar refractivity (Wildman–Crippen MR) is 80.8 cm³/mol. The van der Waals surface area contributed by atoms with Gasteiger partial charge in [-0.1, -0.05) is 29.2 Å². The van der Waals surface area contributed by atoms with Crippen LogP contribution in [-0.4, -0.2) is 47.6 Å². The van der Waals surface area contributed by atoms with E-state index < -0.39 is 5.91 Å². The van der Waals surface area contributed by atoms with Crippen LogP contribution in [0.3, 0.4) is 0 Å². The van der Waals surface area contributed by atoms with Crippen LogP contribution < -0.4 is 5.32 Å². The summed E-state index contributed by atoms with van der Waals surface area (Å²) >= 11 is 2.74. The zero-order valence-corrected chi connectivity index (χ0v) is 13.0. The number of hydrogen-bond acceptors (Lipinski definition) is 9. The molecule has 3 aromatic heterocycles. The molecule has 0 saturated heterocycles. The lowest BCUT2D eigenvalue weighted by Crippen LogP contribution is -2.14. The summed E-state index contributed by atoms with van der Waals surface area (Å²) in [6, 6.07) is 5.53. The zero-order valence-electron chi connectivity index (χ0n) is 11.4. The van der Waals surface area contributed by atoms with E-state index in [1.807, 2.05) is 24.5 Å². The molecule has 0 aliphatic rings. The number of carbonyl (C=O) groups excluding carboxylic acids is 1. The third-order valence-electron chi connectivity index (χ3n) is 2.49. The van der Waals surface area contributed by atoms with Crippen LogP contribution in [-0.2, 0) is 6.54 Å². The molecule has 0 aromatic carbocycles. The number of amides is 1. The predicted octanol–water partition coefficient (Wildman–Crippen LogP) is 0.942. The van der Waals surface area contributed by atoms with Gasteiger partial charge in [0.2, 0.25) is 5.13 Å². The van der Waals surface area contributed by atoms with Crippen LogP contribution in [0.25, 0.3) is 0 Å². The van der Waals surface area contributed by atoms with Gasteiger partial charge in [0.05, 0.1) is 5.69 Å². The highest BCUT2D eigenvalue weighted by Gasteiger charge is 2.15. The average Bonchev–Trinajstić information content (AvgIpc) is 3.17. The van der Waals surface area contributed by atoms with Crippen molar-refractivity contribution in [3.05, 3.63) is 35.9 Å². The summed E-state index contributed by atoms with van der Waals surface area (Å²) in [6.45, 7) is 0.344. The van der Waals surface area contributed by atoms with Crippen molar-refractivity contribution < 1.29 is 4.79 Å². The molecule has 0 aliphatic carbocycles. The molecule has 3 aromatic rings. The van der Waals surface area contributed by atoms with Crippen LogP contribution in [0.2, 0.25) is 0 Å². The second kappa shape index (κ2) is 6.58. The molecule has 112 valence electrons. The van der Waals surface area contributed by atoms with Crippen molar-refractivity contribution in [2.75, 3.05) is 11.6 Å². The van der Waals surface area contributed by atoms with E-state index in [-0.39, 0.29) is 5.82 Å². The molecule has 0 unspecified atom stereocenters. The molecule has 3 heterocycles. The van der Waals surface area contributed by atoms with E-state index in [4.69, 9.17) is 0 Å². The van der Waals surface area contributed by atoms with Crippen LogP contribution in [0.1, 0.15) is 16.3 Å². The van der Waals surface area contributed by atoms with Crippen molar-refractivity contribution in [3.63, 3.8) is 0 Å². The van der Waals surface area contributed by atoms with Gasteiger partial charge in [-0.25, -0.2) is 0 Å². The SMILES string of the molecule is CSc1nnc(NC(=O)c2nnn(Cc3ccccn3)n2)s1. The Morgan fingerprint density at radius 3 is 3.00 bits per heavy atom. The topological polar surface area (TPSA) is 111 Å². The highest BCUT2D eigenvalue weighted by Crippen LogP contribution is 2.23. The number of hydrogen-bond donors (Lipinski definition) is 1. The Morgan fingerprint density at radius 2 is 2.27 bits per heavy atom. The Morgan fingerprint density at radius 1 is 1.36 bits per heavy atom. The Hall–Kier alpha value is -2.40. The number of anilines is 1. The Bertz CT molecular complexity index is 771. The second-order valence-electron chi connectivity index (χ2n) is 4.00. The molecule has 11 heteroatoms. The van der Waals surface area contributed by atoms with E-state index >= 15 is 0 Å². The van der Waals surface area contributed by atoms with Gasteiger partial charge in [0, 0.05) is 6.20 Å². The monoisotopic (exact) mass is 334 g/mol. The summed E-state index contributed by atoms with van der Waals surface area (Å²) in [4.78, 5) is 17.5. The molecule has 0 saturated carbocycles. The first-order valence-corrected chi connectivity index (χ1v) is 8.15. The molecular formula is C11H10N8OS2. The molecule has 3 rings (SSSR count). The number of thioether (sulfide) groups is 1. The first-order valence-electron chi connectivity index (χ1n) is 6.11. The van der Waals surface area contributed by atoms with Crippen molar-refractivity contribution in [1.82, 2.24) is 35.4 Å². The summed E-state index contributed by atoms with van der Waals surface area (Å²) in [5, 5.41) is 22.3. The van der Waals surface area contributed by atoms with E-state index in [0.717, 1.165) is 10.0 Å². The largest absolute Gasteiger partial charge is 0.299 e. The van der Waals surface area contributed by atoms with E-state index in [1.165, 1.54) is 27.9 Å². The molecule has 1 amide bonds. The van der Waals surface area contributed by atoms with Crippen molar-refractivity contribution >= 4 is 34.1 Å². The van der Waals surface area contributed by atoms with Gasteiger partial charge in [0.25, 0.3) is 11.7 Å². The maximum absolute atomic E-state index is 12.0. The number of pyridine rings is 1. The molecule has 0 radical (unpaired) electrons. The number of nitrogens with zero attached hydrogens (tertiary/aromatic N) is 7. The number of rotatable bonds is 5. The van der Waals surface area contributed by atoms with Gasteiger partial charge in [0.15, 0.2) is 4.34 Å². The Kier molecular flexibility index (Phi) is 4.34. The number of nitrogens with one attached hydrogen (secondary N) is 1. The molecule has 0 fully saturated rings. The third kappa shape index (κ3) is 3.43. The maximum atomic E-state index is 12.0. The molecule has 0 bridgehead atoms. The van der Waals surface area contributed by atoms with Crippen LogP contribution >= 0.6 is 23.1 Å². The summed E-state index contributed by atoms with van der Waals surface area (Å²) in [5.74, 6) is -0.507. The fourth-order valence-corrected chi connectivity index (χ4v) is 2.70. The quantitative estimate of drug-likeness (QED) is 0.542. The van der Waals surface area contributed by atoms with Gasteiger partial charge in [-0.05, 0) is 23.6 Å². The van der Waals surface area contributed by atoms with Crippen molar-refractivity contribution in [1.29, 1.82) is 0 Å². The molecule has 9 nitrogen and oxygen atoms in total. The minimum Gasteiger partial charge on any atom is -0.293 e. The molecule has 1 N–H and O–H groups in total. The maximum Gasteiger partial charge on any atom is 0.299 e. The average molecular weight is 334 g/mol. The van der Waals surface area contributed by atoms with Crippen molar-refractivity contribution in [2.45, 2.75) is 10.9 Å². The molecule has 0 aliphatic heterocycles. The van der Waals surface area contributed by atoms with Gasteiger partial charge in [-0.2, -0.15) is 4.80 Å². The molecule has 0 atom stereocenters. The van der Waals surface area contributed by atoms with Crippen LogP contribution in [0.4, 0.5) is 5.13 Å². The fourth-order valence-electron chi connectivity index (χ4n) is 1.53. The van der Waals surface area contributed by atoms with Crippen LogP contribution in [0, 0.1) is 0 Å². The van der Waals surface area contributed by atoms with Gasteiger partial charge in [0.1, 0.15) is 6.54 Å². The molecular weight excluding hydrogens is 324 g/mol. The molecule has 0 spiro atoms. The summed E-state index contributed by atoms with van der Waals surface area (Å²) in [7, 11) is 0. The van der Waals surface area contributed by atoms with Crippen molar-refractivity contribution in [2.24, 2.45) is 0 Å². The van der Waals surface area contributed by atoms with E-state index in [2.05, 4.69) is 35.9 Å². The zero-order chi connectivity index (χ0) is 15.4. The van der Waals surface area contributed by atoms with Gasteiger partial charge in [-0.3, -0.25) is 15.1 Å². The van der Waals surface area contributed by atoms with E-state index in [9.17, 15) is 4.79 Å². The number of carbonyl (C=O) groups is 1. The summed E-state index contributed by atoms with van der Waals surface area (Å²) in [6.07, 6.45) is 3.57. The Balaban J connectivity index is 1.66. The van der Waals surface area contributed by atoms with Crippen molar-refractivity contribution in [3.8, 4) is 0 Å². The second-order valence-corrected chi connectivity index (χ2v) is 6.03. The minimum absolute atomic E-state index is 0.0307. The van der Waals surface area contributed by atoms with Crippen LogP contribution in [0.15, 0.2) is 28.7 Å². The third-order valence-corrected chi connectivity index (χ3v) is 4.30. The highest BCUT2D eigenvalue weighted by molar-refractivity contribution is 8.00. The fraction of sp³-hybridized carbons (Fsp3) is 0.182. The lowest BCUT2D eigenvalue weighted by molar-refractivity contribution is 0.101. The standard InChI is InChI=1S/C11H10N8OS2/c1-21-11-16-15-10(22-11)13-9(20)8-14-18-19(17-8)6-7-4-2-3-5-12-7/h2-5H,6H2,1H3,(H,13,15,20). The summed E-state index contributed by atoms with van der Waals surface area (Å²) in [5.41, 5.74) is 0.778. The lowest BCUT2D eigenvalue weighted by Gasteiger charge is -1.97. The number of aromatic nitrogens is 7. The van der Waals surface area contributed by atoms with Gasteiger partial charge >= 0.3 is 0 Å². The molecule has 22 heavy (non-hydrogen) atoms.